The largest absolute Gasteiger partial charge is 0.383 e. The second-order valence-corrected chi connectivity index (χ2v) is 9.90. The minimum Gasteiger partial charge on any atom is -0.383 e. The van der Waals surface area contributed by atoms with E-state index in [0.717, 1.165) is 29.7 Å². The summed E-state index contributed by atoms with van der Waals surface area (Å²) in [5.74, 6) is 0.593. The van der Waals surface area contributed by atoms with Gasteiger partial charge in [0, 0.05) is 29.5 Å². The molecule has 0 aliphatic heterocycles. The Kier molecular flexibility index (Phi) is 6.59. The van der Waals surface area contributed by atoms with Crippen molar-refractivity contribution >= 4 is 17.5 Å². The van der Waals surface area contributed by atoms with E-state index in [1.165, 1.54) is 19.3 Å². The fraction of sp³-hybridized carbons (Fsp3) is 0.462. The van der Waals surface area contributed by atoms with Crippen molar-refractivity contribution in [2.75, 3.05) is 5.73 Å². The number of hydrogen-bond acceptors (Lipinski definition) is 6. The lowest BCUT2D eigenvalue weighted by molar-refractivity contribution is -0.117. The molecule has 180 valence electrons. The first-order chi connectivity index (χ1) is 16.2. The summed E-state index contributed by atoms with van der Waals surface area (Å²) in [5.41, 5.74) is 14.6. The van der Waals surface area contributed by atoms with E-state index in [0.29, 0.717) is 11.4 Å². The summed E-state index contributed by atoms with van der Waals surface area (Å²) in [7, 11) is 0. The number of carbonyl (C=O) groups is 2. The zero-order valence-corrected chi connectivity index (χ0v) is 20.1. The van der Waals surface area contributed by atoms with Crippen molar-refractivity contribution < 1.29 is 14.1 Å². The van der Waals surface area contributed by atoms with Gasteiger partial charge in [-0.05, 0) is 32.3 Å². The van der Waals surface area contributed by atoms with Crippen LogP contribution in [0.25, 0.3) is 11.3 Å². The van der Waals surface area contributed by atoms with E-state index >= 15 is 0 Å². The number of nitrogens with zero attached hydrogens (tertiary/aromatic N) is 3. The minimum absolute atomic E-state index is 0.0125. The molecule has 1 saturated carbocycles. The Morgan fingerprint density at radius 2 is 1.79 bits per heavy atom. The molecule has 3 aromatic rings. The van der Waals surface area contributed by atoms with Gasteiger partial charge in [-0.15, -0.1) is 0 Å². The maximum absolute atomic E-state index is 12.7. The highest BCUT2D eigenvalue weighted by Gasteiger charge is 2.33. The third kappa shape index (κ3) is 4.76. The molecule has 4 N–H and O–H groups in total. The van der Waals surface area contributed by atoms with Crippen LogP contribution in [-0.4, -0.2) is 26.6 Å². The summed E-state index contributed by atoms with van der Waals surface area (Å²) in [6, 6.07) is 9.33. The summed E-state index contributed by atoms with van der Waals surface area (Å²) in [6.45, 7) is 6.08. The van der Waals surface area contributed by atoms with Crippen molar-refractivity contribution in [3.63, 3.8) is 0 Å². The highest BCUT2D eigenvalue weighted by atomic mass is 16.5. The molecule has 1 aliphatic rings. The van der Waals surface area contributed by atoms with Crippen LogP contribution in [0.4, 0.5) is 5.82 Å². The van der Waals surface area contributed by atoms with Gasteiger partial charge in [-0.25, -0.2) is 4.68 Å². The number of carbonyl (C=O) groups excluding carboxylic acids is 2. The van der Waals surface area contributed by atoms with Crippen molar-refractivity contribution in [1.29, 1.82) is 0 Å². The predicted molar refractivity (Wildman–Crippen MR) is 130 cm³/mol. The molecule has 1 amide bonds. The molecular weight excluding hydrogens is 430 g/mol. The molecule has 8 heteroatoms. The van der Waals surface area contributed by atoms with Crippen molar-refractivity contribution in [2.45, 2.75) is 77.2 Å². The normalized spacial score (nSPS) is 15.5. The first-order valence-electron chi connectivity index (χ1n) is 11.9. The number of benzene rings is 1. The highest BCUT2D eigenvalue weighted by molar-refractivity contribution is 6.03. The summed E-state index contributed by atoms with van der Waals surface area (Å²) in [4.78, 5) is 24.7. The third-order valence-corrected chi connectivity index (χ3v) is 6.80. The molecule has 2 aromatic heterocycles. The number of Topliss-reactive ketones (excluding diaryl/α,β-unsaturated/α-hetero) is 1. The number of primary amides is 1. The second kappa shape index (κ2) is 9.44. The van der Waals surface area contributed by atoms with Gasteiger partial charge >= 0.3 is 0 Å². The topological polar surface area (TPSA) is 130 Å². The molecule has 0 radical (unpaired) electrons. The summed E-state index contributed by atoms with van der Waals surface area (Å²) in [6.07, 6.45) is 6.39. The van der Waals surface area contributed by atoms with Gasteiger partial charge in [-0.3, -0.25) is 9.59 Å². The first-order valence-corrected chi connectivity index (χ1v) is 11.9. The SMILES string of the molecule is CC(C)n1nc(-c2ccc(CC(=O)Cc3cc(C4(C)CCCCC4)on3)cc2)c(C(N)=O)c1N. The molecule has 0 unspecified atom stereocenters. The van der Waals surface area contributed by atoms with E-state index in [1.807, 2.05) is 44.2 Å². The summed E-state index contributed by atoms with van der Waals surface area (Å²) in [5, 5.41) is 8.66. The Morgan fingerprint density at radius 1 is 1.12 bits per heavy atom. The summed E-state index contributed by atoms with van der Waals surface area (Å²) >= 11 is 0. The highest BCUT2D eigenvalue weighted by Crippen LogP contribution is 2.39. The van der Waals surface area contributed by atoms with Crippen molar-refractivity contribution in [1.82, 2.24) is 14.9 Å². The molecule has 1 aliphatic carbocycles. The van der Waals surface area contributed by atoms with E-state index in [9.17, 15) is 9.59 Å². The van der Waals surface area contributed by atoms with Gasteiger partial charge in [-0.2, -0.15) is 5.10 Å². The van der Waals surface area contributed by atoms with Gasteiger partial charge < -0.3 is 16.0 Å². The van der Waals surface area contributed by atoms with Crippen LogP contribution in [0.3, 0.4) is 0 Å². The van der Waals surface area contributed by atoms with Gasteiger partial charge in [-0.1, -0.05) is 55.6 Å². The number of amides is 1. The maximum Gasteiger partial charge on any atom is 0.254 e. The van der Waals surface area contributed by atoms with Crippen molar-refractivity contribution in [3.05, 3.63) is 52.9 Å². The number of nitrogen functional groups attached to an aromatic ring is 1. The average molecular weight is 464 g/mol. The van der Waals surface area contributed by atoms with E-state index in [1.54, 1.807) is 4.68 Å². The van der Waals surface area contributed by atoms with Crippen molar-refractivity contribution in [3.8, 4) is 11.3 Å². The van der Waals surface area contributed by atoms with E-state index in [4.69, 9.17) is 16.0 Å². The van der Waals surface area contributed by atoms with E-state index < -0.39 is 5.91 Å². The van der Waals surface area contributed by atoms with Crippen LogP contribution >= 0.6 is 0 Å². The molecule has 34 heavy (non-hydrogen) atoms. The molecule has 0 bridgehead atoms. The zero-order valence-electron chi connectivity index (χ0n) is 20.1. The third-order valence-electron chi connectivity index (χ3n) is 6.80. The van der Waals surface area contributed by atoms with Gasteiger partial charge in [0.1, 0.15) is 28.6 Å². The second-order valence-electron chi connectivity index (χ2n) is 9.90. The van der Waals surface area contributed by atoms with Crippen LogP contribution in [0.2, 0.25) is 0 Å². The van der Waals surface area contributed by atoms with Crippen LogP contribution in [0.1, 0.15) is 86.3 Å². The van der Waals surface area contributed by atoms with Crippen molar-refractivity contribution in [2.24, 2.45) is 5.73 Å². The van der Waals surface area contributed by atoms with Gasteiger partial charge in [0.2, 0.25) is 0 Å². The van der Waals surface area contributed by atoms with E-state index in [2.05, 4.69) is 17.2 Å². The zero-order chi connectivity index (χ0) is 24.5. The lowest BCUT2D eigenvalue weighted by Gasteiger charge is -2.30. The molecule has 1 aromatic carbocycles. The number of aromatic nitrogens is 3. The number of rotatable bonds is 8. The lowest BCUT2D eigenvalue weighted by atomic mass is 9.74. The number of anilines is 1. The predicted octanol–water partition coefficient (Wildman–Crippen LogP) is 4.38. The molecule has 2 heterocycles. The Morgan fingerprint density at radius 3 is 2.41 bits per heavy atom. The Labute approximate surface area is 199 Å². The molecule has 0 spiro atoms. The Balaban J connectivity index is 1.44. The number of ketones is 1. The van der Waals surface area contributed by atoms with Gasteiger partial charge in [0.05, 0.1) is 12.1 Å². The Hall–Kier alpha value is -3.42. The molecule has 0 saturated heterocycles. The van der Waals surface area contributed by atoms with Crippen LogP contribution in [0.15, 0.2) is 34.9 Å². The monoisotopic (exact) mass is 463 g/mol. The molecule has 1 fully saturated rings. The molecule has 4 rings (SSSR count). The van der Waals surface area contributed by atoms with Gasteiger partial charge in [0.15, 0.2) is 0 Å². The smallest absolute Gasteiger partial charge is 0.254 e. The lowest BCUT2D eigenvalue weighted by Crippen LogP contribution is -2.24. The van der Waals surface area contributed by atoms with E-state index in [-0.39, 0.29) is 41.5 Å². The molecule has 8 nitrogen and oxygen atoms in total. The summed E-state index contributed by atoms with van der Waals surface area (Å²) < 4.78 is 7.21. The number of nitrogens with two attached hydrogens (primary N) is 2. The first kappa shape index (κ1) is 23.7. The minimum atomic E-state index is -0.618. The number of hydrogen-bond donors (Lipinski definition) is 2. The molecular formula is C26H33N5O3. The molecule has 0 atom stereocenters. The Bertz CT molecular complexity index is 1180. The van der Waals surface area contributed by atoms with Crippen LogP contribution in [0.5, 0.6) is 0 Å². The quantitative estimate of drug-likeness (QED) is 0.510. The average Bonchev–Trinajstić information content (AvgIpc) is 3.40. The fourth-order valence-corrected chi connectivity index (χ4v) is 4.82. The maximum atomic E-state index is 12.7. The van der Waals surface area contributed by atoms with Gasteiger partial charge in [0.25, 0.3) is 5.91 Å². The van der Waals surface area contributed by atoms with Crippen LogP contribution in [-0.2, 0) is 23.1 Å². The standard InChI is InChI=1S/C26H33N5O3/c1-16(2)31-24(27)22(25(28)33)23(29-31)18-9-7-17(8-10-18)13-20(32)14-19-15-21(34-30-19)26(3)11-5-4-6-12-26/h7-10,15-16H,4-6,11-14,27H2,1-3H3,(H2,28,33). The van der Waals surface area contributed by atoms with Crippen LogP contribution < -0.4 is 11.5 Å². The fourth-order valence-electron chi connectivity index (χ4n) is 4.82. The van der Waals surface area contributed by atoms with Crippen LogP contribution in [0, 0.1) is 0 Å².